The minimum Gasteiger partial charge on any atom is -0.357 e. The van der Waals surface area contributed by atoms with E-state index in [0.717, 1.165) is 29.5 Å². The molecular formula is C19H21Cl2N3O2. The number of benzene rings is 2. The third-order valence-corrected chi connectivity index (χ3v) is 5.61. The van der Waals surface area contributed by atoms with Gasteiger partial charge in [0.1, 0.15) is 0 Å². The zero-order valence-electron chi connectivity index (χ0n) is 14.4. The van der Waals surface area contributed by atoms with E-state index in [2.05, 4.69) is 17.0 Å². The molecule has 5 nitrogen and oxygen atoms in total. The molecule has 0 bridgehead atoms. The van der Waals surface area contributed by atoms with Crippen LogP contribution in [-0.2, 0) is 11.4 Å². The van der Waals surface area contributed by atoms with E-state index < -0.39 is 6.09 Å². The quantitative estimate of drug-likeness (QED) is 0.758. The zero-order chi connectivity index (χ0) is 18.8. The van der Waals surface area contributed by atoms with Crippen molar-refractivity contribution in [3.63, 3.8) is 0 Å². The summed E-state index contributed by atoms with van der Waals surface area (Å²) in [5.74, 6) is 5.16. The molecule has 0 saturated heterocycles. The first kappa shape index (κ1) is 19.0. The highest BCUT2D eigenvalue weighted by Gasteiger charge is 2.27. The normalized spacial score (nSPS) is 19.0. The van der Waals surface area contributed by atoms with E-state index in [9.17, 15) is 4.79 Å². The molecule has 2 aromatic carbocycles. The van der Waals surface area contributed by atoms with Gasteiger partial charge in [0.15, 0.2) is 0 Å². The van der Waals surface area contributed by atoms with Crippen LogP contribution >= 0.6 is 23.2 Å². The fraction of sp³-hybridized carbons (Fsp3) is 0.316. The van der Waals surface area contributed by atoms with Gasteiger partial charge in [0, 0.05) is 25.6 Å². The Morgan fingerprint density at radius 1 is 1.15 bits per heavy atom. The summed E-state index contributed by atoms with van der Waals surface area (Å²) in [5, 5.41) is 1.10. The van der Waals surface area contributed by atoms with Gasteiger partial charge in [-0.15, -0.1) is 0 Å². The molecule has 0 spiro atoms. The molecule has 138 valence electrons. The Morgan fingerprint density at radius 2 is 1.92 bits per heavy atom. The van der Waals surface area contributed by atoms with Crippen LogP contribution in [0.25, 0.3) is 0 Å². The van der Waals surface area contributed by atoms with Gasteiger partial charge in [0.05, 0.1) is 10.0 Å². The first-order valence-corrected chi connectivity index (χ1v) is 9.11. The largest absolute Gasteiger partial charge is 0.428 e. The van der Waals surface area contributed by atoms with Crippen molar-refractivity contribution in [2.45, 2.75) is 31.3 Å². The van der Waals surface area contributed by atoms with Crippen LogP contribution in [0.5, 0.6) is 0 Å². The highest BCUT2D eigenvalue weighted by molar-refractivity contribution is 6.42. The highest BCUT2D eigenvalue weighted by Crippen LogP contribution is 2.42. The van der Waals surface area contributed by atoms with E-state index in [-0.39, 0.29) is 12.0 Å². The number of nitrogens with zero attached hydrogens (tertiary/aromatic N) is 1. The lowest BCUT2D eigenvalue weighted by Gasteiger charge is -2.31. The lowest BCUT2D eigenvalue weighted by atomic mass is 9.76. The Bertz CT molecular complexity index is 828. The molecule has 4 N–H and O–H groups in total. The van der Waals surface area contributed by atoms with Crippen LogP contribution in [0.2, 0.25) is 10.0 Å². The summed E-state index contributed by atoms with van der Waals surface area (Å²) >= 11 is 12.2. The number of fused-ring (bicyclic) bond motifs is 1. The molecule has 7 heteroatoms. The fourth-order valence-corrected chi connectivity index (χ4v) is 3.83. The molecule has 2 atom stereocenters. The van der Waals surface area contributed by atoms with Crippen LogP contribution in [0, 0.1) is 0 Å². The van der Waals surface area contributed by atoms with E-state index in [1.54, 1.807) is 7.05 Å². The van der Waals surface area contributed by atoms with Gasteiger partial charge in [0.2, 0.25) is 0 Å². The number of carbonyl (C=O) groups excluding carboxylic acids is 1. The molecule has 1 aliphatic rings. The summed E-state index contributed by atoms with van der Waals surface area (Å²) in [4.78, 5) is 17.2. The lowest BCUT2D eigenvalue weighted by Crippen LogP contribution is -2.29. The Morgan fingerprint density at radius 3 is 2.62 bits per heavy atom. The summed E-state index contributed by atoms with van der Waals surface area (Å²) in [5.41, 5.74) is 10.7. The number of rotatable bonds is 3. The van der Waals surface area contributed by atoms with Crippen LogP contribution in [0.3, 0.4) is 0 Å². The minimum atomic E-state index is -0.583. The number of nitrogens with two attached hydrogens (primary N) is 2. The van der Waals surface area contributed by atoms with Crippen LogP contribution < -0.4 is 11.6 Å². The maximum absolute atomic E-state index is 11.5. The standard InChI is InChI=1S/C19H21Cl2N3O2/c1-24(19(25)26-23)10-11-2-4-14-13(5-7-18(22)15(14)8-11)12-3-6-16(20)17(21)9-12/h2-4,6,8-9,13,18H,5,7,10,22-23H2,1H3/t13-,18?/m0/s1. The molecule has 0 aromatic heterocycles. The molecule has 0 saturated carbocycles. The van der Waals surface area contributed by atoms with Gasteiger partial charge >= 0.3 is 6.09 Å². The summed E-state index contributed by atoms with van der Waals surface area (Å²) in [6.07, 6.45) is 1.24. The van der Waals surface area contributed by atoms with Gasteiger partial charge < -0.3 is 15.5 Å². The highest BCUT2D eigenvalue weighted by atomic mass is 35.5. The van der Waals surface area contributed by atoms with E-state index >= 15 is 0 Å². The summed E-state index contributed by atoms with van der Waals surface area (Å²) in [6, 6.07) is 11.9. The zero-order valence-corrected chi connectivity index (χ0v) is 15.9. The van der Waals surface area contributed by atoms with Gasteiger partial charge in [-0.2, -0.15) is 5.90 Å². The smallest absolute Gasteiger partial charge is 0.357 e. The van der Waals surface area contributed by atoms with Crippen molar-refractivity contribution in [3.8, 4) is 0 Å². The average molecular weight is 394 g/mol. The van der Waals surface area contributed by atoms with Crippen molar-refractivity contribution >= 4 is 29.3 Å². The van der Waals surface area contributed by atoms with Gasteiger partial charge in [-0.3, -0.25) is 0 Å². The Kier molecular flexibility index (Phi) is 5.73. The van der Waals surface area contributed by atoms with E-state index in [0.29, 0.717) is 16.6 Å². The third kappa shape index (κ3) is 3.81. The number of carbonyl (C=O) groups is 1. The number of amides is 1. The van der Waals surface area contributed by atoms with Crippen LogP contribution in [-0.4, -0.2) is 18.0 Å². The fourth-order valence-electron chi connectivity index (χ4n) is 3.52. The number of halogens is 2. The van der Waals surface area contributed by atoms with Gasteiger partial charge in [-0.1, -0.05) is 47.5 Å². The van der Waals surface area contributed by atoms with E-state index in [1.807, 2.05) is 24.3 Å². The molecule has 26 heavy (non-hydrogen) atoms. The Balaban J connectivity index is 1.92. The molecular weight excluding hydrogens is 373 g/mol. The van der Waals surface area contributed by atoms with Crippen LogP contribution in [0.15, 0.2) is 36.4 Å². The van der Waals surface area contributed by atoms with Crippen molar-refractivity contribution in [2.24, 2.45) is 11.6 Å². The third-order valence-electron chi connectivity index (χ3n) is 4.87. The SMILES string of the molecule is CN(Cc1ccc2c(c1)C(N)CC[C@H]2c1ccc(Cl)c(Cl)c1)C(=O)ON. The van der Waals surface area contributed by atoms with Crippen molar-refractivity contribution in [2.75, 3.05) is 7.05 Å². The van der Waals surface area contributed by atoms with Gasteiger partial charge in [-0.05, 0) is 47.2 Å². The minimum absolute atomic E-state index is 0.0317. The number of hydrogen-bond donors (Lipinski definition) is 2. The molecule has 0 radical (unpaired) electrons. The lowest BCUT2D eigenvalue weighted by molar-refractivity contribution is 0.110. The monoisotopic (exact) mass is 393 g/mol. The topological polar surface area (TPSA) is 81.6 Å². The molecule has 0 heterocycles. The Labute approximate surface area is 162 Å². The summed E-state index contributed by atoms with van der Waals surface area (Å²) < 4.78 is 0. The number of hydrogen-bond acceptors (Lipinski definition) is 4. The molecule has 3 rings (SSSR count). The maximum Gasteiger partial charge on any atom is 0.428 e. The summed E-state index contributed by atoms with van der Waals surface area (Å²) in [6.45, 7) is 0.396. The van der Waals surface area contributed by atoms with E-state index in [4.69, 9.17) is 34.8 Å². The first-order valence-electron chi connectivity index (χ1n) is 8.35. The molecule has 0 aliphatic heterocycles. The van der Waals surface area contributed by atoms with Crippen molar-refractivity contribution in [1.29, 1.82) is 0 Å². The van der Waals surface area contributed by atoms with Crippen LogP contribution in [0.4, 0.5) is 4.79 Å². The Hall–Kier alpha value is -1.79. The van der Waals surface area contributed by atoms with Gasteiger partial charge in [0.25, 0.3) is 0 Å². The van der Waals surface area contributed by atoms with Crippen molar-refractivity contribution < 1.29 is 9.63 Å². The second-order valence-corrected chi connectivity index (χ2v) is 7.43. The molecule has 1 amide bonds. The molecule has 1 unspecified atom stereocenters. The predicted molar refractivity (Wildman–Crippen MR) is 103 cm³/mol. The summed E-state index contributed by atoms with van der Waals surface area (Å²) in [7, 11) is 1.63. The first-order chi connectivity index (χ1) is 12.4. The predicted octanol–water partition coefficient (Wildman–Crippen LogP) is 4.36. The second kappa shape index (κ2) is 7.84. The molecule has 0 fully saturated rings. The van der Waals surface area contributed by atoms with Crippen molar-refractivity contribution in [1.82, 2.24) is 4.90 Å². The maximum atomic E-state index is 11.5. The van der Waals surface area contributed by atoms with Crippen molar-refractivity contribution in [3.05, 3.63) is 68.7 Å². The van der Waals surface area contributed by atoms with Gasteiger partial charge in [-0.25, -0.2) is 4.79 Å². The molecule has 2 aromatic rings. The van der Waals surface area contributed by atoms with Crippen LogP contribution in [0.1, 0.15) is 47.1 Å². The van der Waals surface area contributed by atoms with E-state index in [1.165, 1.54) is 10.5 Å². The second-order valence-electron chi connectivity index (χ2n) is 6.61. The average Bonchev–Trinajstić information content (AvgIpc) is 2.64. The molecule has 1 aliphatic carbocycles.